The number of hydrogen-bond donors (Lipinski definition) is 2. The molecule has 3 rings (SSSR count). The summed E-state index contributed by atoms with van der Waals surface area (Å²) in [5.74, 6) is 1.74. The number of fused-ring (bicyclic) bond motifs is 1. The van der Waals surface area contributed by atoms with Crippen molar-refractivity contribution in [1.82, 2.24) is 25.0 Å². The first-order valence-electron chi connectivity index (χ1n) is 9.20. The van der Waals surface area contributed by atoms with Gasteiger partial charge in [-0.3, -0.25) is 0 Å². The van der Waals surface area contributed by atoms with Gasteiger partial charge in [0.25, 0.3) is 0 Å². The molecule has 2 amide bonds. The zero-order valence-corrected chi connectivity index (χ0v) is 14.8. The highest BCUT2D eigenvalue weighted by molar-refractivity contribution is 5.74. The number of rotatable bonds is 4. The lowest BCUT2D eigenvalue weighted by Crippen LogP contribution is -2.49. The average molecular weight is 335 g/mol. The van der Waals surface area contributed by atoms with E-state index in [0.717, 1.165) is 56.7 Å². The third-order valence-corrected chi connectivity index (χ3v) is 5.73. The number of aliphatic hydroxyl groups excluding tert-OH is 1. The van der Waals surface area contributed by atoms with E-state index < -0.39 is 0 Å². The lowest BCUT2D eigenvalue weighted by atomic mass is 9.77. The zero-order chi connectivity index (χ0) is 17.2. The second-order valence-electron chi connectivity index (χ2n) is 7.11. The lowest BCUT2D eigenvalue weighted by Gasteiger charge is -2.40. The van der Waals surface area contributed by atoms with E-state index in [0.29, 0.717) is 13.1 Å². The van der Waals surface area contributed by atoms with E-state index in [9.17, 15) is 9.90 Å². The Morgan fingerprint density at radius 3 is 2.71 bits per heavy atom. The van der Waals surface area contributed by atoms with Crippen LogP contribution in [0.3, 0.4) is 0 Å². The predicted molar refractivity (Wildman–Crippen MR) is 90.5 cm³/mol. The minimum absolute atomic E-state index is 0.00216. The molecule has 1 atom stereocenters. The van der Waals surface area contributed by atoms with Gasteiger partial charge in [-0.05, 0) is 37.5 Å². The Morgan fingerprint density at radius 2 is 2.08 bits per heavy atom. The van der Waals surface area contributed by atoms with Crippen LogP contribution < -0.4 is 5.32 Å². The maximum absolute atomic E-state index is 12.6. The predicted octanol–water partition coefficient (Wildman–Crippen LogP) is 1.87. The molecule has 2 aliphatic rings. The van der Waals surface area contributed by atoms with Gasteiger partial charge in [-0.15, -0.1) is 0 Å². The Labute approximate surface area is 143 Å². The molecule has 1 aromatic heterocycles. The molecule has 0 aromatic carbocycles. The van der Waals surface area contributed by atoms with Crippen LogP contribution in [-0.2, 0) is 13.0 Å². The molecular weight excluding hydrogens is 306 g/mol. The Hall–Kier alpha value is -1.63. The van der Waals surface area contributed by atoms with Crippen LogP contribution in [0, 0.1) is 5.41 Å². The number of carbonyl (C=O) groups is 1. The number of hydrogen-bond acceptors (Lipinski definition) is 4. The first kappa shape index (κ1) is 17.2. The van der Waals surface area contributed by atoms with Crippen LogP contribution in [-0.4, -0.2) is 50.5 Å². The molecule has 1 fully saturated rings. The van der Waals surface area contributed by atoms with Crippen molar-refractivity contribution in [2.24, 2.45) is 5.41 Å². The number of carbonyl (C=O) groups excluding carboxylic acids is 1. The number of aliphatic hydroxyl groups is 1. The van der Waals surface area contributed by atoms with E-state index in [1.165, 1.54) is 0 Å². The van der Waals surface area contributed by atoms with Gasteiger partial charge < -0.3 is 15.3 Å². The van der Waals surface area contributed by atoms with E-state index in [-0.39, 0.29) is 24.1 Å². The van der Waals surface area contributed by atoms with Crippen LogP contribution in [0.4, 0.5) is 4.79 Å². The van der Waals surface area contributed by atoms with Crippen molar-refractivity contribution in [3.8, 4) is 0 Å². The fourth-order valence-electron chi connectivity index (χ4n) is 3.73. The number of aromatic nitrogens is 3. The number of amides is 2. The highest BCUT2D eigenvalue weighted by Gasteiger charge is 2.35. The molecule has 2 N–H and O–H groups in total. The standard InChI is InChI=1S/C17H29N5O2/c1-3-14-19-15-13(6-5-9-22(15)20-14)18-16(24)21-10-7-17(4-2,12-23)8-11-21/h13,23H,3-12H2,1-2H3,(H,18,24). The highest BCUT2D eigenvalue weighted by atomic mass is 16.3. The molecule has 0 bridgehead atoms. The molecule has 1 aromatic rings. The molecule has 7 heteroatoms. The number of nitrogens with zero attached hydrogens (tertiary/aromatic N) is 4. The van der Waals surface area contributed by atoms with E-state index in [4.69, 9.17) is 0 Å². The second kappa shape index (κ2) is 7.09. The van der Waals surface area contributed by atoms with Crippen LogP contribution in [0.15, 0.2) is 0 Å². The third-order valence-electron chi connectivity index (χ3n) is 5.73. The Kier molecular flexibility index (Phi) is 5.08. The van der Waals surface area contributed by atoms with Crippen LogP contribution in [0.2, 0.25) is 0 Å². The molecule has 0 saturated carbocycles. The summed E-state index contributed by atoms with van der Waals surface area (Å²) >= 11 is 0. The molecule has 1 saturated heterocycles. The van der Waals surface area contributed by atoms with Gasteiger partial charge in [-0.1, -0.05) is 13.8 Å². The third kappa shape index (κ3) is 3.27. The van der Waals surface area contributed by atoms with Crippen LogP contribution in [0.1, 0.15) is 63.6 Å². The minimum Gasteiger partial charge on any atom is -0.396 e. The minimum atomic E-state index is -0.0465. The number of aryl methyl sites for hydroxylation is 2. The molecular formula is C17H29N5O2. The van der Waals surface area contributed by atoms with Crippen LogP contribution in [0.25, 0.3) is 0 Å². The Bertz CT molecular complexity index is 572. The molecule has 0 radical (unpaired) electrons. The summed E-state index contributed by atoms with van der Waals surface area (Å²) in [5.41, 5.74) is -0.00216. The molecule has 1 unspecified atom stereocenters. The van der Waals surface area contributed by atoms with Gasteiger partial charge >= 0.3 is 6.03 Å². The molecule has 3 heterocycles. The number of urea groups is 1. The van der Waals surface area contributed by atoms with Gasteiger partial charge in [0.15, 0.2) is 5.82 Å². The van der Waals surface area contributed by atoms with Gasteiger partial charge in [-0.2, -0.15) is 5.10 Å². The van der Waals surface area contributed by atoms with Crippen molar-refractivity contribution in [3.63, 3.8) is 0 Å². The van der Waals surface area contributed by atoms with Crippen LogP contribution in [0.5, 0.6) is 0 Å². The van der Waals surface area contributed by atoms with Gasteiger partial charge in [0.2, 0.25) is 0 Å². The first-order valence-corrected chi connectivity index (χ1v) is 9.20. The second-order valence-corrected chi connectivity index (χ2v) is 7.11. The van der Waals surface area contributed by atoms with Crippen molar-refractivity contribution in [1.29, 1.82) is 0 Å². The fourth-order valence-corrected chi connectivity index (χ4v) is 3.73. The molecule has 7 nitrogen and oxygen atoms in total. The maximum atomic E-state index is 12.6. The van der Waals surface area contributed by atoms with Crippen molar-refractivity contribution in [2.75, 3.05) is 19.7 Å². The van der Waals surface area contributed by atoms with Gasteiger partial charge in [0, 0.05) is 32.7 Å². The smallest absolute Gasteiger partial charge is 0.317 e. The molecule has 2 aliphatic heterocycles. The molecule has 134 valence electrons. The summed E-state index contributed by atoms with van der Waals surface area (Å²) in [5, 5.41) is 17.3. The highest BCUT2D eigenvalue weighted by Crippen LogP contribution is 2.34. The largest absolute Gasteiger partial charge is 0.396 e. The van der Waals surface area contributed by atoms with Gasteiger partial charge in [-0.25, -0.2) is 14.5 Å². The fraction of sp³-hybridized carbons (Fsp3) is 0.824. The van der Waals surface area contributed by atoms with E-state index in [2.05, 4.69) is 22.3 Å². The average Bonchev–Trinajstić information content (AvgIpc) is 3.06. The lowest BCUT2D eigenvalue weighted by molar-refractivity contribution is 0.0512. The van der Waals surface area contributed by atoms with E-state index in [1.807, 2.05) is 16.5 Å². The van der Waals surface area contributed by atoms with Crippen molar-refractivity contribution in [3.05, 3.63) is 11.6 Å². The molecule has 24 heavy (non-hydrogen) atoms. The summed E-state index contributed by atoms with van der Waals surface area (Å²) in [6.45, 7) is 6.67. The summed E-state index contributed by atoms with van der Waals surface area (Å²) in [7, 11) is 0. The normalized spacial score (nSPS) is 23.0. The number of piperidine rings is 1. The number of nitrogens with one attached hydrogen (secondary N) is 1. The van der Waals surface area contributed by atoms with Crippen LogP contribution >= 0.6 is 0 Å². The molecule has 0 aliphatic carbocycles. The zero-order valence-electron chi connectivity index (χ0n) is 14.8. The van der Waals surface area contributed by atoms with E-state index in [1.54, 1.807) is 0 Å². The number of likely N-dealkylation sites (tertiary alicyclic amines) is 1. The van der Waals surface area contributed by atoms with Gasteiger partial charge in [0.1, 0.15) is 5.82 Å². The maximum Gasteiger partial charge on any atom is 0.317 e. The summed E-state index contributed by atoms with van der Waals surface area (Å²) in [6.07, 6.45) is 5.44. The van der Waals surface area contributed by atoms with Crippen molar-refractivity contribution < 1.29 is 9.90 Å². The van der Waals surface area contributed by atoms with Crippen molar-refractivity contribution >= 4 is 6.03 Å². The Balaban J connectivity index is 1.61. The summed E-state index contributed by atoms with van der Waals surface area (Å²) < 4.78 is 1.94. The molecule has 0 spiro atoms. The summed E-state index contributed by atoms with van der Waals surface area (Å²) in [4.78, 5) is 19.1. The van der Waals surface area contributed by atoms with Crippen molar-refractivity contribution in [2.45, 2.75) is 65.0 Å². The SMILES string of the molecule is CCc1nc2n(n1)CCCC2NC(=O)N1CCC(CC)(CO)CC1. The quantitative estimate of drug-likeness (QED) is 0.880. The van der Waals surface area contributed by atoms with E-state index >= 15 is 0 Å². The van der Waals surface area contributed by atoms with Gasteiger partial charge in [0.05, 0.1) is 6.04 Å². The monoisotopic (exact) mass is 335 g/mol. The first-order chi connectivity index (χ1) is 11.6. The topological polar surface area (TPSA) is 83.3 Å². The Morgan fingerprint density at radius 1 is 1.33 bits per heavy atom. The summed E-state index contributed by atoms with van der Waals surface area (Å²) in [6, 6.07) is -0.0631.